The summed E-state index contributed by atoms with van der Waals surface area (Å²) >= 11 is 4.88. The summed E-state index contributed by atoms with van der Waals surface area (Å²) in [4.78, 5) is 13.2. The molecule has 0 aliphatic heterocycles. The van der Waals surface area contributed by atoms with Gasteiger partial charge in [0.15, 0.2) is 0 Å². The van der Waals surface area contributed by atoms with Crippen LogP contribution in [-0.4, -0.2) is 4.98 Å². The van der Waals surface area contributed by atoms with Gasteiger partial charge in [-0.3, -0.25) is 4.79 Å². The van der Waals surface area contributed by atoms with E-state index in [4.69, 9.17) is 0 Å². The summed E-state index contributed by atoms with van der Waals surface area (Å²) in [6.07, 6.45) is -2.73. The monoisotopic (exact) mass is 349 g/mol. The number of alkyl halides is 2. The molecule has 0 aliphatic rings. The van der Waals surface area contributed by atoms with E-state index in [0.717, 1.165) is 6.07 Å². The largest absolute Gasteiger partial charge is 0.316 e. The second kappa shape index (κ2) is 3.82. The molecule has 1 aromatic heterocycles. The number of pyridine rings is 1. The molecule has 66 valence electrons. The van der Waals surface area contributed by atoms with E-state index >= 15 is 0 Å². The molecule has 6 heteroatoms. The highest BCUT2D eigenvalue weighted by molar-refractivity contribution is 14.1. The van der Waals surface area contributed by atoms with Gasteiger partial charge in [-0.05, 0) is 44.6 Å². The summed E-state index contributed by atoms with van der Waals surface area (Å²) in [6.45, 7) is 0. The van der Waals surface area contributed by atoms with Crippen LogP contribution in [0.25, 0.3) is 0 Å². The van der Waals surface area contributed by atoms with Gasteiger partial charge in [-0.2, -0.15) is 0 Å². The number of halogens is 4. The number of hydrogen-bond donors (Lipinski definition) is 1. The van der Waals surface area contributed by atoms with Gasteiger partial charge in [0.05, 0.1) is 9.26 Å². The molecule has 2 nitrogen and oxygen atoms in total. The SMILES string of the molecule is O=c1[nH]c(I)c(Br)cc1C(F)F. The molecule has 0 aromatic carbocycles. The fraction of sp³-hybridized carbons (Fsp3) is 0.167. The lowest BCUT2D eigenvalue weighted by molar-refractivity contribution is 0.149. The van der Waals surface area contributed by atoms with Crippen molar-refractivity contribution >= 4 is 38.5 Å². The normalized spacial score (nSPS) is 10.8. The first-order valence-electron chi connectivity index (χ1n) is 2.88. The van der Waals surface area contributed by atoms with Gasteiger partial charge >= 0.3 is 0 Å². The third-order valence-electron chi connectivity index (χ3n) is 1.21. The molecular formula is C6H3BrF2INO. The zero-order chi connectivity index (χ0) is 9.30. The van der Waals surface area contributed by atoms with E-state index in [1.807, 2.05) is 22.6 Å². The zero-order valence-electron chi connectivity index (χ0n) is 5.57. The number of H-pyrrole nitrogens is 1. The van der Waals surface area contributed by atoms with Crippen LogP contribution in [0.5, 0.6) is 0 Å². The maximum Gasteiger partial charge on any atom is 0.269 e. The van der Waals surface area contributed by atoms with E-state index in [-0.39, 0.29) is 0 Å². The number of nitrogens with one attached hydrogen (secondary N) is 1. The van der Waals surface area contributed by atoms with E-state index in [2.05, 4.69) is 20.9 Å². The quantitative estimate of drug-likeness (QED) is 0.613. The Morgan fingerprint density at radius 3 is 2.67 bits per heavy atom. The lowest BCUT2D eigenvalue weighted by Gasteiger charge is -2.00. The van der Waals surface area contributed by atoms with Crippen molar-refractivity contribution in [3.8, 4) is 0 Å². The van der Waals surface area contributed by atoms with Crippen LogP contribution in [0.4, 0.5) is 8.78 Å². The lowest BCUT2D eigenvalue weighted by Crippen LogP contribution is -2.14. The number of rotatable bonds is 1. The predicted octanol–water partition coefficient (Wildman–Crippen LogP) is 2.68. The van der Waals surface area contributed by atoms with Crippen LogP contribution in [0.15, 0.2) is 15.3 Å². The zero-order valence-corrected chi connectivity index (χ0v) is 9.32. The van der Waals surface area contributed by atoms with Gasteiger partial charge < -0.3 is 4.98 Å². The molecule has 0 atom stereocenters. The topological polar surface area (TPSA) is 32.9 Å². The second-order valence-electron chi connectivity index (χ2n) is 2.02. The fourth-order valence-electron chi connectivity index (χ4n) is 0.659. The van der Waals surface area contributed by atoms with Crippen molar-refractivity contribution in [3.05, 3.63) is 30.2 Å². The van der Waals surface area contributed by atoms with Gasteiger partial charge in [0.1, 0.15) is 0 Å². The average Bonchev–Trinajstić information content (AvgIpc) is 1.96. The molecule has 1 N–H and O–H groups in total. The van der Waals surface area contributed by atoms with E-state index in [1.54, 1.807) is 0 Å². The molecule has 12 heavy (non-hydrogen) atoms. The maximum absolute atomic E-state index is 12.1. The molecule has 1 heterocycles. The Morgan fingerprint density at radius 2 is 2.17 bits per heavy atom. The van der Waals surface area contributed by atoms with Crippen LogP contribution in [0.2, 0.25) is 0 Å². The van der Waals surface area contributed by atoms with Gasteiger partial charge in [0.2, 0.25) is 0 Å². The molecule has 0 fully saturated rings. The van der Waals surface area contributed by atoms with Crippen LogP contribution in [0, 0.1) is 3.70 Å². The number of aromatic amines is 1. The van der Waals surface area contributed by atoms with Crippen molar-refractivity contribution in [2.75, 3.05) is 0 Å². The third kappa shape index (κ3) is 2.03. The first-order chi connectivity index (χ1) is 5.52. The number of aromatic nitrogens is 1. The Labute approximate surface area is 88.6 Å². The molecular weight excluding hydrogens is 347 g/mol. The van der Waals surface area contributed by atoms with Crippen molar-refractivity contribution in [2.45, 2.75) is 6.43 Å². The average molecular weight is 350 g/mol. The summed E-state index contributed by atoms with van der Waals surface area (Å²) in [5.74, 6) is 0. The molecule has 0 unspecified atom stereocenters. The third-order valence-corrected chi connectivity index (χ3v) is 3.43. The second-order valence-corrected chi connectivity index (χ2v) is 3.95. The van der Waals surface area contributed by atoms with Crippen LogP contribution >= 0.6 is 38.5 Å². The molecule has 1 rings (SSSR count). The van der Waals surface area contributed by atoms with Crippen molar-refractivity contribution in [1.82, 2.24) is 4.98 Å². The smallest absolute Gasteiger partial charge is 0.269 e. The fourth-order valence-corrected chi connectivity index (χ4v) is 1.41. The Bertz CT molecular complexity index is 352. The minimum absolute atomic E-state index is 0.470. The summed E-state index contributed by atoms with van der Waals surface area (Å²) < 4.78 is 25.2. The van der Waals surface area contributed by atoms with E-state index < -0.39 is 17.5 Å². The molecule has 0 bridgehead atoms. The van der Waals surface area contributed by atoms with E-state index in [9.17, 15) is 13.6 Å². The van der Waals surface area contributed by atoms with Crippen molar-refractivity contribution in [3.63, 3.8) is 0 Å². The van der Waals surface area contributed by atoms with Gasteiger partial charge in [-0.15, -0.1) is 0 Å². The first-order valence-corrected chi connectivity index (χ1v) is 4.76. The van der Waals surface area contributed by atoms with Gasteiger partial charge in [-0.1, -0.05) is 0 Å². The van der Waals surface area contributed by atoms with Gasteiger partial charge in [0, 0.05) is 4.47 Å². The Kier molecular flexibility index (Phi) is 3.22. The van der Waals surface area contributed by atoms with Crippen LogP contribution in [-0.2, 0) is 0 Å². The summed E-state index contributed by atoms with van der Waals surface area (Å²) in [5, 5.41) is 0. The highest BCUT2D eigenvalue weighted by Gasteiger charge is 2.13. The minimum atomic E-state index is -2.73. The van der Waals surface area contributed by atoms with Crippen molar-refractivity contribution in [2.24, 2.45) is 0 Å². The lowest BCUT2D eigenvalue weighted by atomic mass is 10.3. The standard InChI is InChI=1S/C6H3BrF2INO/c7-3-1-2(4(8)9)6(12)11-5(3)10/h1,4H,(H,11,12). The molecule has 0 aliphatic carbocycles. The Morgan fingerprint density at radius 1 is 1.58 bits per heavy atom. The van der Waals surface area contributed by atoms with Crippen LogP contribution < -0.4 is 5.56 Å². The highest BCUT2D eigenvalue weighted by Crippen LogP contribution is 2.21. The first kappa shape index (κ1) is 10.1. The van der Waals surface area contributed by atoms with Gasteiger partial charge in [-0.25, -0.2) is 8.78 Å². The molecule has 1 aromatic rings. The minimum Gasteiger partial charge on any atom is -0.316 e. The van der Waals surface area contributed by atoms with E-state index in [0.29, 0.717) is 8.17 Å². The molecule has 0 amide bonds. The maximum atomic E-state index is 12.1. The van der Waals surface area contributed by atoms with Gasteiger partial charge in [0.25, 0.3) is 12.0 Å². The van der Waals surface area contributed by atoms with E-state index in [1.165, 1.54) is 0 Å². The number of hydrogen-bond acceptors (Lipinski definition) is 1. The Hall–Kier alpha value is 0.0200. The highest BCUT2D eigenvalue weighted by atomic mass is 127. The van der Waals surface area contributed by atoms with Crippen molar-refractivity contribution < 1.29 is 8.78 Å². The van der Waals surface area contributed by atoms with Crippen molar-refractivity contribution in [1.29, 1.82) is 0 Å². The summed E-state index contributed by atoms with van der Waals surface area (Å²) in [7, 11) is 0. The predicted molar refractivity (Wildman–Crippen MR) is 52.4 cm³/mol. The molecule has 0 radical (unpaired) electrons. The molecule has 0 saturated carbocycles. The summed E-state index contributed by atoms with van der Waals surface area (Å²) in [6, 6.07) is 1.13. The summed E-state index contributed by atoms with van der Waals surface area (Å²) in [5.41, 5.74) is -1.25. The van der Waals surface area contributed by atoms with Crippen LogP contribution in [0.1, 0.15) is 12.0 Å². The van der Waals surface area contributed by atoms with Crippen LogP contribution in [0.3, 0.4) is 0 Å². The Balaban J connectivity index is 3.33. The molecule has 0 spiro atoms. The molecule has 0 saturated heterocycles.